The molecule has 0 aromatic heterocycles. The fourth-order valence-electron chi connectivity index (χ4n) is 2.15. The number of rotatable bonds is 1. The normalized spacial score (nSPS) is 26.6. The first-order valence-electron chi connectivity index (χ1n) is 5.86. The van der Waals surface area contributed by atoms with Crippen LogP contribution in [-0.2, 0) is 0 Å². The van der Waals surface area contributed by atoms with E-state index in [9.17, 15) is 5.11 Å². The first kappa shape index (κ1) is 12.0. The van der Waals surface area contributed by atoms with Crippen molar-refractivity contribution in [3.63, 3.8) is 0 Å². The van der Waals surface area contributed by atoms with Gasteiger partial charge in [0.25, 0.3) is 0 Å². The number of nitrogens with zero attached hydrogens (tertiary/aromatic N) is 2. The average molecular weight is 200 g/mol. The third-order valence-electron chi connectivity index (χ3n) is 3.06. The summed E-state index contributed by atoms with van der Waals surface area (Å²) < 4.78 is 0. The van der Waals surface area contributed by atoms with Gasteiger partial charge in [0.15, 0.2) is 0 Å². The number of hydrogen-bond donors (Lipinski definition) is 1. The van der Waals surface area contributed by atoms with Crippen LogP contribution in [0.25, 0.3) is 0 Å². The van der Waals surface area contributed by atoms with Gasteiger partial charge in [-0.25, -0.2) is 0 Å². The van der Waals surface area contributed by atoms with Crippen molar-refractivity contribution in [3.05, 3.63) is 0 Å². The molecule has 0 aromatic carbocycles. The zero-order valence-electron chi connectivity index (χ0n) is 9.74. The minimum atomic E-state index is -0.0287. The lowest BCUT2D eigenvalue weighted by Gasteiger charge is -2.45. The van der Waals surface area contributed by atoms with Gasteiger partial charge in [-0.05, 0) is 19.9 Å². The molecule has 3 heteroatoms. The lowest BCUT2D eigenvalue weighted by molar-refractivity contribution is 0.00608. The van der Waals surface area contributed by atoms with Gasteiger partial charge in [0.2, 0.25) is 0 Å². The second-order valence-electron chi connectivity index (χ2n) is 4.14. The Morgan fingerprint density at radius 3 is 2.00 bits per heavy atom. The minimum Gasteiger partial charge on any atom is -0.393 e. The molecule has 2 rings (SSSR count). The van der Waals surface area contributed by atoms with Crippen molar-refractivity contribution in [2.24, 2.45) is 0 Å². The number of aliphatic hydroxyl groups excluding tert-OH is 1. The molecule has 84 valence electrons. The molecule has 3 nitrogen and oxygen atoms in total. The van der Waals surface area contributed by atoms with E-state index in [2.05, 4.69) is 16.8 Å². The van der Waals surface area contributed by atoms with E-state index in [0.29, 0.717) is 0 Å². The third kappa shape index (κ3) is 2.94. The molecule has 2 fully saturated rings. The molecule has 0 amide bonds. The molecule has 0 spiro atoms. The number of hydrogen-bond acceptors (Lipinski definition) is 3. The van der Waals surface area contributed by atoms with Crippen LogP contribution in [0.1, 0.15) is 26.7 Å². The smallest absolute Gasteiger partial charge is 0.0564 e. The quantitative estimate of drug-likeness (QED) is 0.678. The van der Waals surface area contributed by atoms with Crippen molar-refractivity contribution in [1.82, 2.24) is 9.80 Å². The Hall–Kier alpha value is -0.120. The highest BCUT2D eigenvalue weighted by atomic mass is 16.3. The molecular formula is C11H24N2O. The van der Waals surface area contributed by atoms with Crippen LogP contribution in [0.5, 0.6) is 0 Å². The fraction of sp³-hybridized carbons (Fsp3) is 1.00. The summed E-state index contributed by atoms with van der Waals surface area (Å²) in [7, 11) is 2.16. The summed E-state index contributed by atoms with van der Waals surface area (Å²) in [4.78, 5) is 4.86. The van der Waals surface area contributed by atoms with E-state index in [1.165, 1.54) is 13.1 Å². The van der Waals surface area contributed by atoms with Crippen LogP contribution in [0, 0.1) is 0 Å². The molecule has 2 aliphatic heterocycles. The maximum absolute atomic E-state index is 9.31. The summed E-state index contributed by atoms with van der Waals surface area (Å²) in [6, 6.07) is 0.780. The fourth-order valence-corrected chi connectivity index (χ4v) is 2.15. The number of likely N-dealkylation sites (N-methyl/N-ethyl adjacent to an activating group) is 1. The third-order valence-corrected chi connectivity index (χ3v) is 3.06. The van der Waals surface area contributed by atoms with Gasteiger partial charge in [-0.2, -0.15) is 0 Å². The highest BCUT2D eigenvalue weighted by molar-refractivity contribution is 4.88. The van der Waals surface area contributed by atoms with Crippen LogP contribution in [0.4, 0.5) is 0 Å². The highest BCUT2D eigenvalue weighted by Crippen LogP contribution is 2.18. The van der Waals surface area contributed by atoms with Gasteiger partial charge in [-0.15, -0.1) is 0 Å². The van der Waals surface area contributed by atoms with Crippen LogP contribution in [0.3, 0.4) is 0 Å². The number of aliphatic hydroxyl groups is 1. The molecule has 2 heterocycles. The molecule has 0 aromatic rings. The van der Waals surface area contributed by atoms with Crippen LogP contribution in [0.15, 0.2) is 0 Å². The Morgan fingerprint density at radius 1 is 1.07 bits per heavy atom. The minimum absolute atomic E-state index is 0.0287. The second-order valence-corrected chi connectivity index (χ2v) is 4.14. The standard InChI is InChI=1S/C9H18N2O.C2H6/c1-10-6-8(7-10)11-4-2-9(12)3-5-11;1-2/h8-9,12H,2-7H2,1H3;1-2H3. The van der Waals surface area contributed by atoms with Gasteiger partial charge < -0.3 is 10.0 Å². The van der Waals surface area contributed by atoms with Crippen molar-refractivity contribution in [3.8, 4) is 0 Å². The van der Waals surface area contributed by atoms with E-state index in [1.54, 1.807) is 0 Å². The first-order chi connectivity index (χ1) is 6.75. The van der Waals surface area contributed by atoms with E-state index >= 15 is 0 Å². The lowest BCUT2D eigenvalue weighted by Crippen LogP contribution is -2.59. The summed E-state index contributed by atoms with van der Waals surface area (Å²) in [5.74, 6) is 0. The van der Waals surface area contributed by atoms with Crippen molar-refractivity contribution in [1.29, 1.82) is 0 Å². The highest BCUT2D eigenvalue weighted by Gasteiger charge is 2.31. The Balaban J connectivity index is 0.000000461. The van der Waals surface area contributed by atoms with Crippen molar-refractivity contribution in [2.45, 2.75) is 38.8 Å². The molecule has 1 N–H and O–H groups in total. The first-order valence-corrected chi connectivity index (χ1v) is 5.86. The maximum atomic E-state index is 9.31. The molecule has 0 bridgehead atoms. The largest absolute Gasteiger partial charge is 0.393 e. The number of piperidine rings is 1. The Kier molecular flexibility index (Phi) is 4.85. The van der Waals surface area contributed by atoms with Gasteiger partial charge in [0, 0.05) is 32.2 Å². The predicted octanol–water partition coefficient (Wildman–Crippen LogP) is 0.783. The maximum Gasteiger partial charge on any atom is 0.0564 e. The van der Waals surface area contributed by atoms with Gasteiger partial charge in [0.1, 0.15) is 0 Å². The van der Waals surface area contributed by atoms with Crippen LogP contribution < -0.4 is 0 Å². The monoisotopic (exact) mass is 200 g/mol. The zero-order chi connectivity index (χ0) is 10.6. The Morgan fingerprint density at radius 2 is 1.57 bits per heavy atom. The van der Waals surface area contributed by atoms with E-state index in [-0.39, 0.29) is 6.10 Å². The molecule has 0 unspecified atom stereocenters. The SMILES string of the molecule is CC.CN1CC(N2CCC(O)CC2)C1. The molecule has 2 saturated heterocycles. The van der Waals surface area contributed by atoms with Crippen LogP contribution >= 0.6 is 0 Å². The van der Waals surface area contributed by atoms with E-state index in [4.69, 9.17) is 0 Å². The summed E-state index contributed by atoms with van der Waals surface area (Å²) in [6.45, 7) is 8.63. The second kappa shape index (κ2) is 5.69. The van der Waals surface area contributed by atoms with E-state index in [0.717, 1.165) is 32.0 Å². The Labute approximate surface area is 87.7 Å². The summed E-state index contributed by atoms with van der Waals surface area (Å²) >= 11 is 0. The average Bonchev–Trinajstić information content (AvgIpc) is 2.18. The molecule has 2 aliphatic rings. The molecule has 0 radical (unpaired) electrons. The Bertz CT molecular complexity index is 149. The molecule has 0 atom stereocenters. The van der Waals surface area contributed by atoms with Crippen molar-refractivity contribution in [2.75, 3.05) is 33.2 Å². The van der Waals surface area contributed by atoms with Crippen LogP contribution in [0.2, 0.25) is 0 Å². The van der Waals surface area contributed by atoms with E-state index in [1.807, 2.05) is 13.8 Å². The molecule has 0 saturated carbocycles. The summed E-state index contributed by atoms with van der Waals surface area (Å²) in [5, 5.41) is 9.31. The topological polar surface area (TPSA) is 26.7 Å². The molecule has 0 aliphatic carbocycles. The van der Waals surface area contributed by atoms with Gasteiger partial charge in [-0.1, -0.05) is 13.8 Å². The molecule has 14 heavy (non-hydrogen) atoms. The van der Waals surface area contributed by atoms with Gasteiger partial charge >= 0.3 is 0 Å². The van der Waals surface area contributed by atoms with Gasteiger partial charge in [0.05, 0.1) is 6.10 Å². The predicted molar refractivity (Wildman–Crippen MR) is 59.4 cm³/mol. The summed E-state index contributed by atoms with van der Waals surface area (Å²) in [5.41, 5.74) is 0. The van der Waals surface area contributed by atoms with E-state index < -0.39 is 0 Å². The van der Waals surface area contributed by atoms with Crippen molar-refractivity contribution < 1.29 is 5.11 Å². The van der Waals surface area contributed by atoms with Crippen molar-refractivity contribution >= 4 is 0 Å². The zero-order valence-corrected chi connectivity index (χ0v) is 9.74. The summed E-state index contributed by atoms with van der Waals surface area (Å²) in [6.07, 6.45) is 1.92. The number of likely N-dealkylation sites (tertiary alicyclic amines) is 2. The molecular weight excluding hydrogens is 176 g/mol. The van der Waals surface area contributed by atoms with Gasteiger partial charge in [-0.3, -0.25) is 4.90 Å². The lowest BCUT2D eigenvalue weighted by atomic mass is 10.0. The van der Waals surface area contributed by atoms with Crippen LogP contribution in [-0.4, -0.2) is 60.3 Å².